The molecule has 1 saturated heterocycles. The van der Waals surface area contributed by atoms with Crippen LogP contribution >= 0.6 is 0 Å². The Morgan fingerprint density at radius 2 is 1.80 bits per heavy atom. The normalized spacial score (nSPS) is 16.9. The first kappa shape index (κ1) is 15.0. The van der Waals surface area contributed by atoms with Gasteiger partial charge in [-0.05, 0) is 38.1 Å². The first-order valence-corrected chi connectivity index (χ1v) is 7.40. The lowest BCUT2D eigenvalue weighted by Crippen LogP contribution is -2.27. The van der Waals surface area contributed by atoms with Crippen molar-refractivity contribution in [2.45, 2.75) is 38.6 Å². The van der Waals surface area contributed by atoms with E-state index in [1.54, 1.807) is 0 Å². The van der Waals surface area contributed by atoms with E-state index in [-0.39, 0.29) is 12.4 Å². The highest BCUT2D eigenvalue weighted by molar-refractivity contribution is 5.37. The highest BCUT2D eigenvalue weighted by atomic mass is 19.1. The zero-order valence-corrected chi connectivity index (χ0v) is 11.9. The third kappa shape index (κ3) is 4.63. The molecule has 1 aromatic carbocycles. The van der Waals surface area contributed by atoms with Crippen molar-refractivity contribution in [3.05, 3.63) is 35.1 Å². The molecule has 1 fully saturated rings. The molecule has 0 spiro atoms. The molecule has 0 atom stereocenters. The van der Waals surface area contributed by atoms with Crippen LogP contribution in [0.4, 0.5) is 4.39 Å². The molecular formula is C17H22FNO. The first-order chi connectivity index (χ1) is 9.79. The average molecular weight is 275 g/mol. The minimum atomic E-state index is -0.197. The van der Waals surface area contributed by atoms with Crippen LogP contribution in [0.25, 0.3) is 0 Å². The number of nitrogens with zero attached hydrogens (tertiary/aromatic N) is 1. The number of rotatable bonds is 2. The van der Waals surface area contributed by atoms with Crippen LogP contribution in [0.2, 0.25) is 0 Å². The zero-order chi connectivity index (χ0) is 14.2. The number of hydrogen-bond acceptors (Lipinski definition) is 2. The van der Waals surface area contributed by atoms with Crippen LogP contribution in [0.3, 0.4) is 0 Å². The van der Waals surface area contributed by atoms with Gasteiger partial charge in [-0.1, -0.05) is 37.2 Å². The molecule has 0 radical (unpaired) electrons. The Morgan fingerprint density at radius 1 is 1.10 bits per heavy atom. The van der Waals surface area contributed by atoms with Crippen LogP contribution in [-0.4, -0.2) is 29.7 Å². The van der Waals surface area contributed by atoms with E-state index in [2.05, 4.69) is 16.7 Å². The molecule has 108 valence electrons. The number of likely N-dealkylation sites (tertiary alicyclic amines) is 1. The predicted octanol–water partition coefficient (Wildman–Crippen LogP) is 2.94. The smallest absolute Gasteiger partial charge is 0.128 e. The molecule has 20 heavy (non-hydrogen) atoms. The lowest BCUT2D eigenvalue weighted by atomic mass is 10.1. The summed E-state index contributed by atoms with van der Waals surface area (Å²) >= 11 is 0. The van der Waals surface area contributed by atoms with E-state index in [0.717, 1.165) is 18.7 Å². The fraction of sp³-hybridized carbons (Fsp3) is 0.529. The van der Waals surface area contributed by atoms with E-state index >= 15 is 0 Å². The van der Waals surface area contributed by atoms with Gasteiger partial charge < -0.3 is 5.11 Å². The van der Waals surface area contributed by atoms with E-state index in [1.165, 1.54) is 38.2 Å². The summed E-state index contributed by atoms with van der Waals surface area (Å²) in [4.78, 5) is 2.34. The molecule has 0 bridgehead atoms. The molecule has 1 aromatic rings. The average Bonchev–Trinajstić information content (AvgIpc) is 2.41. The Kier molecular flexibility index (Phi) is 6.04. The second-order valence-electron chi connectivity index (χ2n) is 5.31. The standard InChI is InChI=1S/C17H22FNO/c18-17-13-15(7-6-12-20)8-9-16(17)14-19-10-4-2-1-3-5-11-19/h8-9,13,20H,1-5,10-12,14H2. The second-order valence-corrected chi connectivity index (χ2v) is 5.31. The van der Waals surface area contributed by atoms with Crippen molar-refractivity contribution in [3.63, 3.8) is 0 Å². The predicted molar refractivity (Wildman–Crippen MR) is 78.7 cm³/mol. The van der Waals surface area contributed by atoms with Crippen LogP contribution in [0.5, 0.6) is 0 Å². The van der Waals surface area contributed by atoms with E-state index in [0.29, 0.717) is 12.1 Å². The van der Waals surface area contributed by atoms with Crippen molar-refractivity contribution in [1.82, 2.24) is 4.90 Å². The third-order valence-corrected chi connectivity index (χ3v) is 3.71. The number of benzene rings is 1. The Balaban J connectivity index is 2.01. The maximum atomic E-state index is 14.1. The van der Waals surface area contributed by atoms with Gasteiger partial charge in [0.2, 0.25) is 0 Å². The summed E-state index contributed by atoms with van der Waals surface area (Å²) in [5, 5.41) is 8.64. The van der Waals surface area contributed by atoms with Crippen molar-refractivity contribution in [2.24, 2.45) is 0 Å². The molecule has 2 rings (SSSR count). The van der Waals surface area contributed by atoms with Crippen molar-refractivity contribution < 1.29 is 9.50 Å². The van der Waals surface area contributed by atoms with Gasteiger partial charge in [-0.3, -0.25) is 4.90 Å². The van der Waals surface area contributed by atoms with Crippen molar-refractivity contribution in [2.75, 3.05) is 19.7 Å². The van der Waals surface area contributed by atoms with Crippen molar-refractivity contribution in [1.29, 1.82) is 0 Å². The monoisotopic (exact) mass is 275 g/mol. The highest BCUT2D eigenvalue weighted by Crippen LogP contribution is 2.16. The Bertz CT molecular complexity index is 481. The molecule has 0 saturated carbocycles. The van der Waals surface area contributed by atoms with Crippen LogP contribution < -0.4 is 0 Å². The third-order valence-electron chi connectivity index (χ3n) is 3.71. The van der Waals surface area contributed by atoms with E-state index < -0.39 is 0 Å². The molecular weight excluding hydrogens is 253 g/mol. The minimum Gasteiger partial charge on any atom is -0.384 e. The van der Waals surface area contributed by atoms with Gasteiger partial charge >= 0.3 is 0 Å². The molecule has 1 aliphatic rings. The van der Waals surface area contributed by atoms with E-state index in [9.17, 15) is 4.39 Å². The summed E-state index contributed by atoms with van der Waals surface area (Å²) in [6, 6.07) is 5.10. The maximum Gasteiger partial charge on any atom is 0.128 e. The summed E-state index contributed by atoms with van der Waals surface area (Å²) in [5.74, 6) is 5.07. The van der Waals surface area contributed by atoms with E-state index in [1.807, 2.05) is 12.1 Å². The first-order valence-electron chi connectivity index (χ1n) is 7.40. The summed E-state index contributed by atoms with van der Waals surface area (Å²) < 4.78 is 14.1. The highest BCUT2D eigenvalue weighted by Gasteiger charge is 2.11. The minimum absolute atomic E-state index is 0.197. The lowest BCUT2D eigenvalue weighted by molar-refractivity contribution is 0.237. The molecule has 0 aromatic heterocycles. The Labute approximate surface area is 120 Å². The van der Waals surface area contributed by atoms with Gasteiger partial charge in [0, 0.05) is 17.7 Å². The molecule has 3 heteroatoms. The van der Waals surface area contributed by atoms with Crippen LogP contribution in [-0.2, 0) is 6.54 Å². The van der Waals surface area contributed by atoms with Gasteiger partial charge in [0.15, 0.2) is 0 Å². The molecule has 1 heterocycles. The summed E-state index contributed by atoms with van der Waals surface area (Å²) in [7, 11) is 0. The van der Waals surface area contributed by atoms with E-state index in [4.69, 9.17) is 5.11 Å². The number of aliphatic hydroxyl groups excluding tert-OH is 1. The fourth-order valence-electron chi connectivity index (χ4n) is 2.61. The molecule has 1 N–H and O–H groups in total. The van der Waals surface area contributed by atoms with Crippen LogP contribution in [0, 0.1) is 17.7 Å². The van der Waals surface area contributed by atoms with Gasteiger partial charge in [0.1, 0.15) is 12.4 Å². The lowest BCUT2D eigenvalue weighted by Gasteiger charge is -2.24. The van der Waals surface area contributed by atoms with Gasteiger partial charge in [0.05, 0.1) is 0 Å². The topological polar surface area (TPSA) is 23.5 Å². The number of halogens is 1. The van der Waals surface area contributed by atoms with Crippen LogP contribution in [0.1, 0.15) is 43.2 Å². The van der Waals surface area contributed by atoms with Crippen molar-refractivity contribution in [3.8, 4) is 11.8 Å². The molecule has 0 amide bonds. The quantitative estimate of drug-likeness (QED) is 0.839. The number of hydrogen-bond donors (Lipinski definition) is 1. The van der Waals surface area contributed by atoms with Gasteiger partial charge in [-0.25, -0.2) is 4.39 Å². The fourth-order valence-corrected chi connectivity index (χ4v) is 2.61. The Morgan fingerprint density at radius 3 is 2.45 bits per heavy atom. The zero-order valence-electron chi connectivity index (χ0n) is 11.9. The Hall–Kier alpha value is -1.37. The van der Waals surface area contributed by atoms with Gasteiger partial charge in [-0.2, -0.15) is 0 Å². The SMILES string of the molecule is OCC#Cc1ccc(CN2CCCCCCC2)c(F)c1. The molecule has 0 aliphatic carbocycles. The summed E-state index contributed by atoms with van der Waals surface area (Å²) in [6.07, 6.45) is 6.33. The maximum absolute atomic E-state index is 14.1. The van der Waals surface area contributed by atoms with Crippen LogP contribution in [0.15, 0.2) is 18.2 Å². The molecule has 0 unspecified atom stereocenters. The number of aliphatic hydroxyl groups is 1. The molecule has 2 nitrogen and oxygen atoms in total. The van der Waals surface area contributed by atoms with Crippen molar-refractivity contribution >= 4 is 0 Å². The summed E-state index contributed by atoms with van der Waals surface area (Å²) in [5.41, 5.74) is 1.35. The largest absolute Gasteiger partial charge is 0.384 e. The molecule has 1 aliphatic heterocycles. The summed E-state index contributed by atoms with van der Waals surface area (Å²) in [6.45, 7) is 2.60. The van der Waals surface area contributed by atoms with Gasteiger partial charge in [-0.15, -0.1) is 0 Å². The second kappa shape index (κ2) is 8.04. The van der Waals surface area contributed by atoms with Gasteiger partial charge in [0.25, 0.3) is 0 Å².